The second-order valence-electron chi connectivity index (χ2n) is 3.59. The van der Waals surface area contributed by atoms with Gasteiger partial charge in [0.05, 0.1) is 5.92 Å². The van der Waals surface area contributed by atoms with Gasteiger partial charge in [-0.25, -0.2) is 0 Å². The number of unbranched alkanes of at least 4 members (excludes halogenated alkanes) is 1. The van der Waals surface area contributed by atoms with E-state index < -0.39 is 17.9 Å². The van der Waals surface area contributed by atoms with Gasteiger partial charge in [0.1, 0.15) is 0 Å². The van der Waals surface area contributed by atoms with Gasteiger partial charge in [0, 0.05) is 6.42 Å². The summed E-state index contributed by atoms with van der Waals surface area (Å²) in [5.74, 6) is -2.66. The summed E-state index contributed by atoms with van der Waals surface area (Å²) in [4.78, 5) is 21.2. The molecule has 0 aliphatic heterocycles. The molecule has 4 nitrogen and oxygen atoms in total. The lowest BCUT2D eigenvalue weighted by Crippen LogP contribution is -2.17. The summed E-state index contributed by atoms with van der Waals surface area (Å²) < 4.78 is 0. The van der Waals surface area contributed by atoms with Crippen LogP contribution in [0.3, 0.4) is 0 Å². The smallest absolute Gasteiger partial charge is 0.310 e. The second-order valence-corrected chi connectivity index (χ2v) is 3.59. The van der Waals surface area contributed by atoms with Crippen LogP contribution >= 0.6 is 0 Å². The Morgan fingerprint density at radius 1 is 1.27 bits per heavy atom. The van der Waals surface area contributed by atoms with Crippen LogP contribution in [0.1, 0.15) is 39.0 Å². The van der Waals surface area contributed by atoms with Crippen molar-refractivity contribution in [2.45, 2.75) is 39.0 Å². The number of carboxylic acids is 2. The quantitative estimate of drug-likeness (QED) is 0.608. The molecule has 0 radical (unpaired) electrons. The SMILES string of the molecule is C=C(CCCC)C(CCC(=O)O)C(=O)O. The van der Waals surface area contributed by atoms with Crippen LogP contribution in [0.15, 0.2) is 12.2 Å². The van der Waals surface area contributed by atoms with Gasteiger partial charge in [0.25, 0.3) is 0 Å². The van der Waals surface area contributed by atoms with E-state index in [1.807, 2.05) is 6.92 Å². The summed E-state index contributed by atoms with van der Waals surface area (Å²) >= 11 is 0. The van der Waals surface area contributed by atoms with Crippen molar-refractivity contribution in [1.82, 2.24) is 0 Å². The minimum atomic E-state index is -0.975. The Bertz CT molecular complexity index is 245. The van der Waals surface area contributed by atoms with Crippen LogP contribution in [0.2, 0.25) is 0 Å². The molecule has 86 valence electrons. The maximum absolute atomic E-state index is 10.9. The zero-order valence-corrected chi connectivity index (χ0v) is 9.03. The Hall–Kier alpha value is -1.32. The van der Waals surface area contributed by atoms with Crippen LogP contribution < -0.4 is 0 Å². The molecule has 0 aromatic carbocycles. The molecule has 0 aliphatic rings. The number of hydrogen-bond donors (Lipinski definition) is 2. The summed E-state index contributed by atoms with van der Waals surface area (Å²) in [6, 6.07) is 0. The molecule has 2 N–H and O–H groups in total. The zero-order chi connectivity index (χ0) is 11.8. The van der Waals surface area contributed by atoms with E-state index in [0.29, 0.717) is 12.0 Å². The molecule has 4 heteroatoms. The average Bonchev–Trinajstić information content (AvgIpc) is 2.13. The van der Waals surface area contributed by atoms with Crippen LogP contribution in [0.25, 0.3) is 0 Å². The first kappa shape index (κ1) is 13.7. The number of rotatable bonds is 8. The highest BCUT2D eigenvalue weighted by molar-refractivity contribution is 5.75. The fourth-order valence-corrected chi connectivity index (χ4v) is 1.35. The molecule has 0 heterocycles. The predicted octanol–water partition coefficient (Wildman–Crippen LogP) is 2.30. The Labute approximate surface area is 89.6 Å². The standard InChI is InChI=1S/C11H18O4/c1-3-4-5-8(2)9(11(14)15)6-7-10(12)13/h9H,2-7H2,1H3,(H,12,13)(H,14,15). The summed E-state index contributed by atoms with van der Waals surface area (Å²) in [5.41, 5.74) is 0.630. The van der Waals surface area contributed by atoms with E-state index in [0.717, 1.165) is 12.8 Å². The summed E-state index contributed by atoms with van der Waals surface area (Å²) in [6.07, 6.45) is 2.54. The Morgan fingerprint density at radius 2 is 1.87 bits per heavy atom. The minimum Gasteiger partial charge on any atom is -0.481 e. The number of carbonyl (C=O) groups is 2. The molecule has 1 unspecified atom stereocenters. The molecular weight excluding hydrogens is 196 g/mol. The van der Waals surface area contributed by atoms with Crippen LogP contribution in [0.4, 0.5) is 0 Å². The van der Waals surface area contributed by atoms with Crippen molar-refractivity contribution in [3.8, 4) is 0 Å². The normalized spacial score (nSPS) is 12.1. The van der Waals surface area contributed by atoms with Gasteiger partial charge in [-0.15, -0.1) is 0 Å². The summed E-state index contributed by atoms with van der Waals surface area (Å²) in [6.45, 7) is 5.73. The monoisotopic (exact) mass is 214 g/mol. The van der Waals surface area contributed by atoms with Crippen molar-refractivity contribution < 1.29 is 19.8 Å². The average molecular weight is 214 g/mol. The van der Waals surface area contributed by atoms with E-state index in [2.05, 4.69) is 6.58 Å². The first-order valence-corrected chi connectivity index (χ1v) is 5.11. The Kier molecular flexibility index (Phi) is 6.42. The molecule has 0 aliphatic carbocycles. The predicted molar refractivity (Wildman–Crippen MR) is 56.7 cm³/mol. The van der Waals surface area contributed by atoms with E-state index in [4.69, 9.17) is 10.2 Å². The lowest BCUT2D eigenvalue weighted by molar-refractivity contribution is -0.141. The largest absolute Gasteiger partial charge is 0.481 e. The molecule has 0 bridgehead atoms. The molecule has 0 rings (SSSR count). The molecular formula is C11H18O4. The van der Waals surface area contributed by atoms with Crippen molar-refractivity contribution in [3.63, 3.8) is 0 Å². The van der Waals surface area contributed by atoms with Crippen molar-refractivity contribution in [1.29, 1.82) is 0 Å². The molecule has 0 aromatic heterocycles. The summed E-state index contributed by atoms with van der Waals surface area (Å²) in [7, 11) is 0. The number of carboxylic acid groups (broad SMARTS) is 2. The molecule has 0 saturated carbocycles. The van der Waals surface area contributed by atoms with Gasteiger partial charge in [0.15, 0.2) is 0 Å². The van der Waals surface area contributed by atoms with E-state index in [1.165, 1.54) is 0 Å². The van der Waals surface area contributed by atoms with Crippen molar-refractivity contribution >= 4 is 11.9 Å². The fourth-order valence-electron chi connectivity index (χ4n) is 1.35. The molecule has 0 amide bonds. The van der Waals surface area contributed by atoms with E-state index in [9.17, 15) is 9.59 Å². The van der Waals surface area contributed by atoms with Gasteiger partial charge < -0.3 is 10.2 Å². The highest BCUT2D eigenvalue weighted by Gasteiger charge is 2.21. The van der Waals surface area contributed by atoms with Crippen LogP contribution in [0.5, 0.6) is 0 Å². The highest BCUT2D eigenvalue weighted by atomic mass is 16.4. The van der Waals surface area contributed by atoms with E-state index in [-0.39, 0.29) is 12.8 Å². The van der Waals surface area contributed by atoms with Gasteiger partial charge in [-0.1, -0.05) is 25.5 Å². The number of aliphatic carboxylic acids is 2. The van der Waals surface area contributed by atoms with Crippen molar-refractivity contribution in [3.05, 3.63) is 12.2 Å². The first-order chi connectivity index (χ1) is 6.99. The lowest BCUT2D eigenvalue weighted by Gasteiger charge is -2.13. The Balaban J connectivity index is 4.19. The fraction of sp³-hybridized carbons (Fsp3) is 0.636. The topological polar surface area (TPSA) is 74.6 Å². The maximum atomic E-state index is 10.9. The van der Waals surface area contributed by atoms with Crippen LogP contribution in [-0.2, 0) is 9.59 Å². The molecule has 1 atom stereocenters. The third kappa shape index (κ3) is 5.88. The molecule has 0 fully saturated rings. The van der Waals surface area contributed by atoms with Crippen molar-refractivity contribution in [2.75, 3.05) is 0 Å². The van der Waals surface area contributed by atoms with Crippen molar-refractivity contribution in [2.24, 2.45) is 5.92 Å². The molecule has 0 saturated heterocycles. The van der Waals surface area contributed by atoms with Gasteiger partial charge in [-0.3, -0.25) is 9.59 Å². The van der Waals surface area contributed by atoms with Gasteiger partial charge in [-0.05, 0) is 19.3 Å². The Morgan fingerprint density at radius 3 is 2.27 bits per heavy atom. The maximum Gasteiger partial charge on any atom is 0.310 e. The van der Waals surface area contributed by atoms with Crippen LogP contribution in [0, 0.1) is 5.92 Å². The van der Waals surface area contributed by atoms with E-state index >= 15 is 0 Å². The van der Waals surface area contributed by atoms with Gasteiger partial charge >= 0.3 is 11.9 Å². The number of hydrogen-bond acceptors (Lipinski definition) is 2. The zero-order valence-electron chi connectivity index (χ0n) is 9.03. The lowest BCUT2D eigenvalue weighted by atomic mass is 9.92. The van der Waals surface area contributed by atoms with Gasteiger partial charge in [0.2, 0.25) is 0 Å². The van der Waals surface area contributed by atoms with E-state index in [1.54, 1.807) is 0 Å². The van der Waals surface area contributed by atoms with Crippen LogP contribution in [-0.4, -0.2) is 22.2 Å². The third-order valence-electron chi connectivity index (χ3n) is 2.29. The molecule has 0 aromatic rings. The van der Waals surface area contributed by atoms with Gasteiger partial charge in [-0.2, -0.15) is 0 Å². The summed E-state index contributed by atoms with van der Waals surface area (Å²) in [5, 5.41) is 17.4. The third-order valence-corrected chi connectivity index (χ3v) is 2.29. The second kappa shape index (κ2) is 7.04. The molecule has 15 heavy (non-hydrogen) atoms. The first-order valence-electron chi connectivity index (χ1n) is 5.11. The minimum absolute atomic E-state index is 0.123. The highest BCUT2D eigenvalue weighted by Crippen LogP contribution is 2.21. The molecule has 0 spiro atoms.